The number of aromatic nitrogens is 4. The molecule has 1 fully saturated rings. The normalized spacial score (nSPS) is 13.5. The first-order chi connectivity index (χ1) is 17.1. The van der Waals surface area contributed by atoms with E-state index in [2.05, 4.69) is 35.6 Å². The van der Waals surface area contributed by atoms with E-state index in [9.17, 15) is 0 Å². The van der Waals surface area contributed by atoms with Gasteiger partial charge in [0.05, 0.1) is 11.9 Å². The van der Waals surface area contributed by atoms with Crippen molar-refractivity contribution in [1.29, 1.82) is 5.53 Å². The zero-order valence-electron chi connectivity index (χ0n) is 19.7. The number of fused-ring (bicyclic) bond motifs is 1. The van der Waals surface area contributed by atoms with E-state index < -0.39 is 0 Å². The van der Waals surface area contributed by atoms with Crippen LogP contribution in [0, 0.1) is 12.5 Å². The van der Waals surface area contributed by atoms with E-state index in [0.717, 1.165) is 48.8 Å². The third kappa shape index (κ3) is 4.81. The first-order valence-electron chi connectivity index (χ1n) is 11.6. The molecule has 3 N–H and O–H groups in total. The highest BCUT2D eigenvalue weighted by Gasteiger charge is 2.16. The molecule has 0 unspecified atom stereocenters. The predicted molar refractivity (Wildman–Crippen MR) is 137 cm³/mol. The van der Waals surface area contributed by atoms with Crippen LogP contribution in [0.3, 0.4) is 0 Å². The molecule has 10 nitrogen and oxygen atoms in total. The first-order valence-corrected chi connectivity index (χ1v) is 11.6. The Labute approximate surface area is 203 Å². The summed E-state index contributed by atoms with van der Waals surface area (Å²) in [5, 5.41) is 9.95. The number of nitrogens with zero attached hydrogens (tertiary/aromatic N) is 6. The van der Waals surface area contributed by atoms with Crippen molar-refractivity contribution < 1.29 is 4.74 Å². The number of rotatable bonds is 7. The summed E-state index contributed by atoms with van der Waals surface area (Å²) in [6, 6.07) is 11.2. The van der Waals surface area contributed by atoms with Gasteiger partial charge in [-0.15, -0.1) is 0 Å². The van der Waals surface area contributed by atoms with Crippen molar-refractivity contribution in [2.45, 2.75) is 26.2 Å². The van der Waals surface area contributed by atoms with Crippen LogP contribution < -0.4 is 20.3 Å². The molecule has 0 aliphatic carbocycles. The van der Waals surface area contributed by atoms with E-state index in [1.165, 1.54) is 12.7 Å². The summed E-state index contributed by atoms with van der Waals surface area (Å²) in [5.41, 5.74) is 11.8. The Kier molecular flexibility index (Phi) is 6.34. The standard InChI is InChI=1S/C25H27N9O/c1-16-12-17(6-9-22(16)35-18-7-8-19(27-2)20(13-18)33-26)31-24-23-21(29-15-30-24)14-28-25(32-23)34-10-4-3-5-11-34/h6-9,12-15,26-27H,3-5,10-11H2,1-2H3,(H,29,30,31). The predicted octanol–water partition coefficient (Wildman–Crippen LogP) is 5.96. The molecule has 10 heteroatoms. The summed E-state index contributed by atoms with van der Waals surface area (Å²) >= 11 is 0. The van der Waals surface area contributed by atoms with Gasteiger partial charge in [0.25, 0.3) is 0 Å². The van der Waals surface area contributed by atoms with Crippen molar-refractivity contribution in [1.82, 2.24) is 19.9 Å². The van der Waals surface area contributed by atoms with Crippen LogP contribution in [0.4, 0.5) is 28.8 Å². The summed E-state index contributed by atoms with van der Waals surface area (Å²) in [6.45, 7) is 3.92. The van der Waals surface area contributed by atoms with Crippen LogP contribution in [0.1, 0.15) is 24.8 Å². The lowest BCUT2D eigenvalue weighted by Crippen LogP contribution is -2.31. The number of benzene rings is 2. The van der Waals surface area contributed by atoms with Crippen molar-refractivity contribution in [3.05, 3.63) is 54.5 Å². The van der Waals surface area contributed by atoms with Gasteiger partial charge in [-0.05, 0) is 62.1 Å². The first kappa shape index (κ1) is 22.5. The van der Waals surface area contributed by atoms with E-state index in [0.29, 0.717) is 34.0 Å². The fraction of sp³-hybridized carbons (Fsp3) is 0.280. The summed E-state index contributed by atoms with van der Waals surface area (Å²) in [5.74, 6) is 2.68. The Morgan fingerprint density at radius 1 is 1.03 bits per heavy atom. The lowest BCUT2D eigenvalue weighted by molar-refractivity contribution is 0.479. The number of aryl methyl sites for hydroxylation is 1. The quantitative estimate of drug-likeness (QED) is 0.283. The Morgan fingerprint density at radius 2 is 1.89 bits per heavy atom. The summed E-state index contributed by atoms with van der Waals surface area (Å²) in [7, 11) is 1.79. The zero-order chi connectivity index (χ0) is 24.2. The minimum absolute atomic E-state index is 0.516. The molecule has 0 atom stereocenters. The SMILES string of the molecule is CNc1ccc(Oc2ccc(Nc3ncnc4cnc(N5CCCCC5)nc34)cc2C)cc1N=N. The Balaban J connectivity index is 1.38. The molecule has 1 aliphatic rings. The fourth-order valence-electron chi connectivity index (χ4n) is 4.17. The lowest BCUT2D eigenvalue weighted by atomic mass is 10.1. The Bertz CT molecular complexity index is 1370. The minimum Gasteiger partial charge on any atom is -0.457 e. The van der Waals surface area contributed by atoms with Gasteiger partial charge in [0.1, 0.15) is 34.5 Å². The molecule has 0 saturated carbocycles. The van der Waals surface area contributed by atoms with E-state index in [1.54, 1.807) is 19.3 Å². The van der Waals surface area contributed by atoms with E-state index >= 15 is 0 Å². The number of piperidine rings is 1. The molecule has 0 amide bonds. The summed E-state index contributed by atoms with van der Waals surface area (Å²) in [6.07, 6.45) is 6.84. The molecule has 2 aromatic heterocycles. The second kappa shape index (κ2) is 9.88. The minimum atomic E-state index is 0.516. The van der Waals surface area contributed by atoms with Gasteiger partial charge in [0.2, 0.25) is 5.95 Å². The van der Waals surface area contributed by atoms with Gasteiger partial charge in [0.15, 0.2) is 5.82 Å². The molecule has 178 valence electrons. The van der Waals surface area contributed by atoms with Crippen molar-refractivity contribution in [3.8, 4) is 11.5 Å². The number of nitrogens with one attached hydrogen (secondary N) is 3. The highest BCUT2D eigenvalue weighted by Crippen LogP contribution is 2.34. The maximum Gasteiger partial charge on any atom is 0.226 e. The van der Waals surface area contributed by atoms with E-state index in [4.69, 9.17) is 15.3 Å². The molecular weight excluding hydrogens is 442 g/mol. The van der Waals surface area contributed by atoms with Gasteiger partial charge in [0, 0.05) is 31.9 Å². The van der Waals surface area contributed by atoms with Crippen LogP contribution in [0.2, 0.25) is 0 Å². The van der Waals surface area contributed by atoms with Crippen LogP contribution >= 0.6 is 0 Å². The van der Waals surface area contributed by atoms with Gasteiger partial charge in [-0.1, -0.05) is 0 Å². The second-order valence-corrected chi connectivity index (χ2v) is 8.42. The molecule has 1 saturated heterocycles. The van der Waals surface area contributed by atoms with Crippen molar-refractivity contribution in [2.24, 2.45) is 5.11 Å². The maximum atomic E-state index is 7.37. The largest absolute Gasteiger partial charge is 0.457 e. The van der Waals surface area contributed by atoms with Crippen LogP contribution in [0.5, 0.6) is 11.5 Å². The second-order valence-electron chi connectivity index (χ2n) is 8.42. The average molecular weight is 470 g/mol. The molecule has 35 heavy (non-hydrogen) atoms. The van der Waals surface area contributed by atoms with E-state index in [-0.39, 0.29) is 0 Å². The molecule has 5 rings (SSSR count). The molecule has 0 bridgehead atoms. The van der Waals surface area contributed by atoms with Crippen molar-refractivity contribution in [3.63, 3.8) is 0 Å². The summed E-state index contributed by atoms with van der Waals surface area (Å²) < 4.78 is 6.06. The fourth-order valence-corrected chi connectivity index (χ4v) is 4.17. The smallest absolute Gasteiger partial charge is 0.226 e. The van der Waals surface area contributed by atoms with Crippen LogP contribution in [-0.4, -0.2) is 40.1 Å². The Hall–Kier alpha value is -4.34. The monoisotopic (exact) mass is 469 g/mol. The molecule has 2 aromatic carbocycles. The third-order valence-electron chi connectivity index (χ3n) is 6.03. The van der Waals surface area contributed by atoms with Gasteiger partial charge < -0.3 is 20.3 Å². The molecule has 1 aliphatic heterocycles. The molecule has 3 heterocycles. The number of ether oxygens (including phenoxy) is 1. The molecule has 0 spiro atoms. The van der Waals surface area contributed by atoms with Gasteiger partial charge >= 0.3 is 0 Å². The van der Waals surface area contributed by atoms with Gasteiger partial charge in [-0.3, -0.25) is 0 Å². The highest BCUT2D eigenvalue weighted by atomic mass is 16.5. The van der Waals surface area contributed by atoms with Crippen molar-refractivity contribution >= 4 is 39.9 Å². The molecular formula is C25H27N9O. The highest BCUT2D eigenvalue weighted by molar-refractivity contribution is 5.87. The average Bonchev–Trinajstić information content (AvgIpc) is 2.90. The lowest BCUT2D eigenvalue weighted by Gasteiger charge is -2.26. The van der Waals surface area contributed by atoms with Gasteiger partial charge in [-0.25, -0.2) is 25.5 Å². The third-order valence-corrected chi connectivity index (χ3v) is 6.03. The number of hydrogen-bond acceptors (Lipinski definition) is 10. The van der Waals surface area contributed by atoms with E-state index in [1.807, 2.05) is 37.3 Å². The van der Waals surface area contributed by atoms with Crippen LogP contribution in [0.15, 0.2) is 54.0 Å². The van der Waals surface area contributed by atoms with Crippen LogP contribution in [0.25, 0.3) is 11.0 Å². The summed E-state index contributed by atoms with van der Waals surface area (Å²) in [4.78, 5) is 20.3. The topological polar surface area (TPSA) is 124 Å². The Morgan fingerprint density at radius 3 is 2.66 bits per heavy atom. The van der Waals surface area contributed by atoms with Crippen molar-refractivity contribution in [2.75, 3.05) is 35.7 Å². The van der Waals surface area contributed by atoms with Crippen LogP contribution in [-0.2, 0) is 0 Å². The molecule has 4 aromatic rings. The molecule has 0 radical (unpaired) electrons. The number of anilines is 4. The number of hydrogen-bond donors (Lipinski definition) is 3. The zero-order valence-corrected chi connectivity index (χ0v) is 19.7. The van der Waals surface area contributed by atoms with Gasteiger partial charge in [-0.2, -0.15) is 5.11 Å². The maximum absolute atomic E-state index is 7.37.